The summed E-state index contributed by atoms with van der Waals surface area (Å²) >= 11 is 0. The fraction of sp³-hybridized carbons (Fsp3) is 0. The van der Waals surface area contributed by atoms with E-state index in [0.29, 0.717) is 0 Å². The van der Waals surface area contributed by atoms with E-state index in [1.54, 1.807) is 30.4 Å². The Labute approximate surface area is 66.7 Å². The molecule has 1 rings (SSSR count). The van der Waals surface area contributed by atoms with Crippen molar-refractivity contribution >= 4 is 0 Å². The number of benzene rings is 1. The second kappa shape index (κ2) is 6.75. The summed E-state index contributed by atoms with van der Waals surface area (Å²) in [5.74, 6) is -0.178. The van der Waals surface area contributed by atoms with Gasteiger partial charge < -0.3 is 0 Å². The Bertz CT molecular complexity index is 195. The zero-order valence-corrected chi connectivity index (χ0v) is 6.33. The lowest BCUT2D eigenvalue weighted by molar-refractivity contribution is 0.628. The van der Waals surface area contributed by atoms with Crippen molar-refractivity contribution in [3.8, 4) is 0 Å². The van der Waals surface area contributed by atoms with Crippen LogP contribution in [0.1, 0.15) is 0 Å². The Morgan fingerprint density at radius 2 is 1.45 bits per heavy atom. The molecule has 0 saturated heterocycles. The van der Waals surface area contributed by atoms with Gasteiger partial charge >= 0.3 is 0 Å². The van der Waals surface area contributed by atoms with E-state index in [4.69, 9.17) is 0 Å². The second-order valence-corrected chi connectivity index (χ2v) is 1.77. The van der Waals surface area contributed by atoms with Crippen molar-refractivity contribution in [3.05, 3.63) is 61.5 Å². The van der Waals surface area contributed by atoms with Gasteiger partial charge in [-0.15, -0.1) is 0 Å². The Morgan fingerprint density at radius 1 is 1.00 bits per heavy atom. The first-order valence-corrected chi connectivity index (χ1v) is 3.25. The van der Waals surface area contributed by atoms with Gasteiger partial charge in [0.25, 0.3) is 0 Å². The summed E-state index contributed by atoms with van der Waals surface area (Å²) in [4.78, 5) is 0. The average molecular weight is 150 g/mol. The van der Waals surface area contributed by atoms with E-state index in [0.717, 1.165) is 0 Å². The fourth-order valence-electron chi connectivity index (χ4n) is 0.415. The molecule has 1 aromatic rings. The Kier molecular flexibility index (Phi) is 5.91. The maximum atomic E-state index is 11.9. The van der Waals surface area contributed by atoms with Crippen molar-refractivity contribution in [2.24, 2.45) is 0 Å². The van der Waals surface area contributed by atoms with E-state index < -0.39 is 0 Å². The van der Waals surface area contributed by atoms with Gasteiger partial charge in [0.2, 0.25) is 0 Å². The van der Waals surface area contributed by atoms with Gasteiger partial charge in [0, 0.05) is 0 Å². The number of hydrogen-bond donors (Lipinski definition) is 0. The third-order valence-electron chi connectivity index (χ3n) is 0.900. The van der Waals surface area contributed by atoms with Crippen molar-refractivity contribution in [2.75, 3.05) is 0 Å². The number of allylic oxidation sites excluding steroid dienone is 2. The molecule has 1 aromatic carbocycles. The third kappa shape index (κ3) is 6.52. The van der Waals surface area contributed by atoms with Crippen LogP contribution in [0.3, 0.4) is 0 Å². The van der Waals surface area contributed by atoms with Crippen LogP contribution in [0.5, 0.6) is 0 Å². The molecule has 0 heterocycles. The molecule has 0 atom stereocenters. The first-order chi connectivity index (χ1) is 5.31. The van der Waals surface area contributed by atoms with Crippen molar-refractivity contribution in [2.45, 2.75) is 0 Å². The molecule has 0 fully saturated rings. The van der Waals surface area contributed by atoms with Gasteiger partial charge in [0.15, 0.2) is 0 Å². The normalized spacial score (nSPS) is 7.36. The van der Waals surface area contributed by atoms with Gasteiger partial charge in [-0.3, -0.25) is 0 Å². The summed E-state index contributed by atoms with van der Waals surface area (Å²) < 4.78 is 11.9. The molecule has 0 N–H and O–H groups in total. The molecule has 0 amide bonds. The summed E-state index contributed by atoms with van der Waals surface area (Å²) in [5.41, 5.74) is 0. The molecular formula is C10H11F. The molecule has 0 aliphatic heterocycles. The number of halogens is 1. The highest BCUT2D eigenvalue weighted by atomic mass is 19.1. The van der Waals surface area contributed by atoms with Crippen molar-refractivity contribution < 1.29 is 4.39 Å². The minimum absolute atomic E-state index is 0.178. The van der Waals surface area contributed by atoms with E-state index in [2.05, 4.69) is 13.2 Å². The van der Waals surface area contributed by atoms with Crippen LogP contribution in [0, 0.1) is 5.82 Å². The van der Waals surface area contributed by atoms with Crippen molar-refractivity contribution in [3.63, 3.8) is 0 Å². The van der Waals surface area contributed by atoms with Crippen molar-refractivity contribution in [1.82, 2.24) is 0 Å². The van der Waals surface area contributed by atoms with Crippen LogP contribution in [0.2, 0.25) is 0 Å². The summed E-state index contributed by atoms with van der Waals surface area (Å²) in [5, 5.41) is 0. The van der Waals surface area contributed by atoms with Crippen LogP contribution in [-0.4, -0.2) is 0 Å². The van der Waals surface area contributed by atoms with E-state index >= 15 is 0 Å². The standard InChI is InChI=1S/C6H5F.C4H6/c7-6-4-2-1-3-5-6;1-3-4-2/h1-5H;3-4H,1-2H2. The van der Waals surface area contributed by atoms with Gasteiger partial charge in [-0.1, -0.05) is 43.5 Å². The highest BCUT2D eigenvalue weighted by Crippen LogP contribution is 1.91. The van der Waals surface area contributed by atoms with E-state index in [1.807, 2.05) is 0 Å². The summed E-state index contributed by atoms with van der Waals surface area (Å²) in [6.45, 7) is 6.72. The molecule has 0 aliphatic carbocycles. The van der Waals surface area contributed by atoms with Crippen LogP contribution < -0.4 is 0 Å². The lowest BCUT2D eigenvalue weighted by Crippen LogP contribution is -1.63. The number of hydrogen-bond acceptors (Lipinski definition) is 0. The van der Waals surface area contributed by atoms with Crippen LogP contribution >= 0.6 is 0 Å². The monoisotopic (exact) mass is 150 g/mol. The van der Waals surface area contributed by atoms with E-state index in [1.165, 1.54) is 12.1 Å². The zero-order chi connectivity index (χ0) is 8.53. The first kappa shape index (κ1) is 9.63. The van der Waals surface area contributed by atoms with Gasteiger partial charge in [-0.25, -0.2) is 4.39 Å². The van der Waals surface area contributed by atoms with E-state index in [-0.39, 0.29) is 5.82 Å². The topological polar surface area (TPSA) is 0 Å². The molecule has 0 aromatic heterocycles. The highest BCUT2D eigenvalue weighted by Gasteiger charge is 1.77. The molecule has 0 spiro atoms. The molecule has 1 heteroatoms. The molecule has 0 unspecified atom stereocenters. The van der Waals surface area contributed by atoms with Crippen LogP contribution in [0.15, 0.2) is 55.6 Å². The van der Waals surface area contributed by atoms with Crippen LogP contribution in [0.4, 0.5) is 4.39 Å². The smallest absolute Gasteiger partial charge is 0.123 e. The molecule has 0 saturated carbocycles. The van der Waals surface area contributed by atoms with Crippen molar-refractivity contribution in [1.29, 1.82) is 0 Å². The SMILES string of the molecule is C=CC=C.Fc1ccccc1. The Hall–Kier alpha value is -1.37. The van der Waals surface area contributed by atoms with Crippen LogP contribution in [0.25, 0.3) is 0 Å². The molecule has 58 valence electrons. The molecule has 0 bridgehead atoms. The second-order valence-electron chi connectivity index (χ2n) is 1.77. The lowest BCUT2D eigenvalue weighted by Gasteiger charge is -1.78. The molecule has 0 radical (unpaired) electrons. The molecule has 11 heavy (non-hydrogen) atoms. The first-order valence-electron chi connectivity index (χ1n) is 3.25. The summed E-state index contributed by atoms with van der Waals surface area (Å²) in [6, 6.07) is 7.94. The molecular weight excluding hydrogens is 139 g/mol. The summed E-state index contributed by atoms with van der Waals surface area (Å²) in [6.07, 6.45) is 3.28. The Morgan fingerprint density at radius 3 is 1.64 bits per heavy atom. The van der Waals surface area contributed by atoms with Gasteiger partial charge in [0.05, 0.1) is 0 Å². The quantitative estimate of drug-likeness (QED) is 0.539. The van der Waals surface area contributed by atoms with E-state index in [9.17, 15) is 4.39 Å². The molecule has 0 aliphatic rings. The maximum absolute atomic E-state index is 11.9. The van der Waals surface area contributed by atoms with Gasteiger partial charge in [0.1, 0.15) is 5.82 Å². The van der Waals surface area contributed by atoms with Gasteiger partial charge in [-0.05, 0) is 12.1 Å². The fourth-order valence-corrected chi connectivity index (χ4v) is 0.415. The average Bonchev–Trinajstić information content (AvgIpc) is 2.07. The highest BCUT2D eigenvalue weighted by molar-refractivity contribution is 5.02. The zero-order valence-electron chi connectivity index (χ0n) is 6.33. The minimum atomic E-state index is -0.178. The molecule has 0 nitrogen and oxygen atoms in total. The minimum Gasteiger partial charge on any atom is -0.207 e. The largest absolute Gasteiger partial charge is 0.207 e. The predicted octanol–water partition coefficient (Wildman–Crippen LogP) is 3.18. The van der Waals surface area contributed by atoms with Crippen LogP contribution in [-0.2, 0) is 0 Å². The lowest BCUT2D eigenvalue weighted by atomic mass is 10.4. The third-order valence-corrected chi connectivity index (χ3v) is 0.900. The predicted molar refractivity (Wildman–Crippen MR) is 46.8 cm³/mol. The Balaban J connectivity index is 0.000000218. The summed E-state index contributed by atoms with van der Waals surface area (Å²) in [7, 11) is 0. The maximum Gasteiger partial charge on any atom is 0.123 e. The number of rotatable bonds is 1. The van der Waals surface area contributed by atoms with Gasteiger partial charge in [-0.2, -0.15) is 0 Å².